The van der Waals surface area contributed by atoms with E-state index in [-0.39, 0.29) is 0 Å². The molecule has 2 N–H and O–H groups in total. The van der Waals surface area contributed by atoms with Crippen molar-refractivity contribution in [2.75, 3.05) is 13.6 Å². The minimum absolute atomic E-state index is 0.357. The molecule has 21 heavy (non-hydrogen) atoms. The van der Waals surface area contributed by atoms with Crippen molar-refractivity contribution in [1.29, 1.82) is 0 Å². The molecule has 0 bridgehead atoms. The van der Waals surface area contributed by atoms with Crippen LogP contribution in [-0.2, 0) is 30.0 Å². The van der Waals surface area contributed by atoms with Gasteiger partial charge in [-0.2, -0.15) is 5.10 Å². The number of sulfonamides is 1. The lowest BCUT2D eigenvalue weighted by Gasteiger charge is -2.09. The molecule has 8 heteroatoms. The molecule has 2 aromatic rings. The third-order valence-electron chi connectivity index (χ3n) is 3.19. The first kappa shape index (κ1) is 16.2. The van der Waals surface area contributed by atoms with Gasteiger partial charge in [0.15, 0.2) is 0 Å². The summed E-state index contributed by atoms with van der Waals surface area (Å²) >= 11 is 1.47. The van der Waals surface area contributed by atoms with Gasteiger partial charge in [-0.15, -0.1) is 11.3 Å². The molecule has 0 radical (unpaired) electrons. The van der Waals surface area contributed by atoms with Crippen LogP contribution in [0.3, 0.4) is 0 Å². The third-order valence-corrected chi connectivity index (χ3v) is 6.11. The Morgan fingerprint density at radius 1 is 1.43 bits per heavy atom. The van der Waals surface area contributed by atoms with Crippen molar-refractivity contribution in [1.82, 2.24) is 19.8 Å². The van der Waals surface area contributed by atoms with Gasteiger partial charge >= 0.3 is 0 Å². The van der Waals surface area contributed by atoms with Crippen molar-refractivity contribution < 1.29 is 8.42 Å². The molecule has 0 aliphatic heterocycles. The van der Waals surface area contributed by atoms with E-state index in [1.165, 1.54) is 11.3 Å². The minimum Gasteiger partial charge on any atom is -0.315 e. The van der Waals surface area contributed by atoms with Gasteiger partial charge in [-0.3, -0.25) is 4.68 Å². The average Bonchev–Trinajstić information content (AvgIpc) is 2.97. The topological polar surface area (TPSA) is 76.0 Å². The first-order valence-electron chi connectivity index (χ1n) is 6.64. The Morgan fingerprint density at radius 2 is 2.19 bits per heavy atom. The highest BCUT2D eigenvalue weighted by Crippen LogP contribution is 2.26. The lowest BCUT2D eigenvalue weighted by molar-refractivity contribution is 0.578. The van der Waals surface area contributed by atoms with Crippen molar-refractivity contribution in [2.45, 2.75) is 24.8 Å². The second kappa shape index (κ2) is 6.69. The van der Waals surface area contributed by atoms with E-state index in [0.717, 1.165) is 16.1 Å². The minimum atomic E-state index is -3.48. The van der Waals surface area contributed by atoms with E-state index < -0.39 is 10.0 Å². The van der Waals surface area contributed by atoms with Gasteiger partial charge in [0.2, 0.25) is 10.0 Å². The van der Waals surface area contributed by atoms with Crippen LogP contribution in [0.5, 0.6) is 0 Å². The molecule has 0 aliphatic carbocycles. The highest BCUT2D eigenvalue weighted by Gasteiger charge is 2.22. The predicted octanol–water partition coefficient (Wildman–Crippen LogP) is 1.03. The molecule has 0 fully saturated rings. The Kier molecular flexibility index (Phi) is 5.15. The maximum absolute atomic E-state index is 12.5. The second-order valence-corrected chi connectivity index (χ2v) is 7.46. The standard InChI is InChI=1S/C13H20N4O2S2/c1-10-9-20-12(8-14-2)13(10)21(18,19)16-7-5-11-4-6-15-17(11)3/h4,6,9,14,16H,5,7-8H2,1-3H3. The number of aromatic nitrogens is 2. The maximum Gasteiger partial charge on any atom is 0.241 e. The average molecular weight is 328 g/mol. The zero-order chi connectivity index (χ0) is 15.5. The molecule has 0 aromatic carbocycles. The van der Waals surface area contributed by atoms with Crippen LogP contribution in [0.15, 0.2) is 22.5 Å². The van der Waals surface area contributed by atoms with Crippen LogP contribution in [0.1, 0.15) is 16.1 Å². The lowest BCUT2D eigenvalue weighted by Crippen LogP contribution is -2.27. The molecule has 2 heterocycles. The van der Waals surface area contributed by atoms with Gasteiger partial charge in [-0.1, -0.05) is 0 Å². The van der Waals surface area contributed by atoms with Crippen LogP contribution >= 0.6 is 11.3 Å². The molecule has 0 amide bonds. The first-order valence-corrected chi connectivity index (χ1v) is 9.00. The Balaban J connectivity index is 2.08. The highest BCUT2D eigenvalue weighted by molar-refractivity contribution is 7.89. The molecular weight excluding hydrogens is 308 g/mol. The van der Waals surface area contributed by atoms with E-state index in [1.807, 2.05) is 25.4 Å². The summed E-state index contributed by atoms with van der Waals surface area (Å²) < 4.78 is 29.4. The van der Waals surface area contributed by atoms with Gasteiger partial charge in [0.05, 0.1) is 0 Å². The van der Waals surface area contributed by atoms with E-state index in [1.54, 1.807) is 17.9 Å². The van der Waals surface area contributed by atoms with Crippen LogP contribution in [0, 0.1) is 6.92 Å². The second-order valence-electron chi connectivity index (χ2n) is 4.80. The molecule has 116 valence electrons. The number of rotatable bonds is 7. The van der Waals surface area contributed by atoms with Crippen LogP contribution < -0.4 is 10.0 Å². The first-order chi connectivity index (χ1) is 9.95. The lowest BCUT2D eigenvalue weighted by atomic mass is 10.3. The van der Waals surface area contributed by atoms with E-state index in [4.69, 9.17) is 0 Å². The van der Waals surface area contributed by atoms with Gasteiger partial charge in [-0.05, 0) is 31.0 Å². The molecule has 2 rings (SSSR count). The molecule has 6 nitrogen and oxygen atoms in total. The Bertz CT molecular complexity index is 704. The number of thiophene rings is 1. The summed E-state index contributed by atoms with van der Waals surface area (Å²) in [4.78, 5) is 1.25. The zero-order valence-corrected chi connectivity index (χ0v) is 14.0. The quantitative estimate of drug-likeness (QED) is 0.796. The van der Waals surface area contributed by atoms with Crippen LogP contribution in [0.4, 0.5) is 0 Å². The van der Waals surface area contributed by atoms with Crippen LogP contribution in [-0.4, -0.2) is 31.8 Å². The van der Waals surface area contributed by atoms with E-state index in [9.17, 15) is 8.42 Å². The smallest absolute Gasteiger partial charge is 0.241 e. The van der Waals surface area contributed by atoms with Crippen LogP contribution in [0.2, 0.25) is 0 Å². The number of nitrogens with zero attached hydrogens (tertiary/aromatic N) is 2. The fourth-order valence-electron chi connectivity index (χ4n) is 2.16. The summed E-state index contributed by atoms with van der Waals surface area (Å²) in [5.74, 6) is 0. The van der Waals surface area contributed by atoms with Gasteiger partial charge in [0, 0.05) is 43.3 Å². The highest BCUT2D eigenvalue weighted by atomic mass is 32.2. The summed E-state index contributed by atoms with van der Waals surface area (Å²) in [7, 11) is 0.176. The van der Waals surface area contributed by atoms with Crippen molar-refractivity contribution in [3.8, 4) is 0 Å². The summed E-state index contributed by atoms with van der Waals surface area (Å²) in [5, 5.41) is 8.95. The van der Waals surface area contributed by atoms with Crippen LogP contribution in [0.25, 0.3) is 0 Å². The van der Waals surface area contributed by atoms with Gasteiger partial charge in [0.1, 0.15) is 4.90 Å². The van der Waals surface area contributed by atoms with Gasteiger partial charge in [0.25, 0.3) is 0 Å². The maximum atomic E-state index is 12.5. The van der Waals surface area contributed by atoms with E-state index >= 15 is 0 Å². The number of hydrogen-bond donors (Lipinski definition) is 2. The Labute approximate surface area is 129 Å². The van der Waals surface area contributed by atoms with Crippen molar-refractivity contribution in [2.24, 2.45) is 7.05 Å². The van der Waals surface area contributed by atoms with E-state index in [2.05, 4.69) is 15.1 Å². The Hall–Kier alpha value is -1.22. The number of nitrogens with one attached hydrogen (secondary N) is 2. The van der Waals surface area contributed by atoms with Crippen molar-refractivity contribution in [3.63, 3.8) is 0 Å². The van der Waals surface area contributed by atoms with Gasteiger partial charge < -0.3 is 5.32 Å². The monoisotopic (exact) mass is 328 g/mol. The molecular formula is C13H20N4O2S2. The fourth-order valence-corrected chi connectivity index (χ4v) is 5.01. The Morgan fingerprint density at radius 3 is 2.81 bits per heavy atom. The molecule has 0 aliphatic rings. The molecule has 0 saturated carbocycles. The molecule has 0 spiro atoms. The molecule has 0 saturated heterocycles. The van der Waals surface area contributed by atoms with E-state index in [0.29, 0.717) is 24.4 Å². The molecule has 0 unspecified atom stereocenters. The number of aryl methyl sites for hydroxylation is 2. The predicted molar refractivity (Wildman–Crippen MR) is 83.9 cm³/mol. The zero-order valence-electron chi connectivity index (χ0n) is 12.4. The molecule has 0 atom stereocenters. The summed E-state index contributed by atoms with van der Waals surface area (Å²) in [6, 6.07) is 1.89. The normalized spacial score (nSPS) is 12.0. The fraction of sp³-hybridized carbons (Fsp3) is 0.462. The van der Waals surface area contributed by atoms with Crippen molar-refractivity contribution >= 4 is 21.4 Å². The SMILES string of the molecule is CNCc1scc(C)c1S(=O)(=O)NCCc1ccnn1C. The molecule has 2 aromatic heterocycles. The largest absolute Gasteiger partial charge is 0.315 e. The van der Waals surface area contributed by atoms with Gasteiger partial charge in [-0.25, -0.2) is 13.1 Å². The number of hydrogen-bond acceptors (Lipinski definition) is 5. The summed E-state index contributed by atoms with van der Waals surface area (Å²) in [6.45, 7) is 2.73. The summed E-state index contributed by atoms with van der Waals surface area (Å²) in [5.41, 5.74) is 1.79. The summed E-state index contributed by atoms with van der Waals surface area (Å²) in [6.07, 6.45) is 2.32. The van der Waals surface area contributed by atoms with Crippen molar-refractivity contribution in [3.05, 3.63) is 33.8 Å². The third kappa shape index (κ3) is 3.70.